The van der Waals surface area contributed by atoms with Crippen LogP contribution in [0.1, 0.15) is 51.5 Å². The van der Waals surface area contributed by atoms with Crippen LogP contribution in [-0.4, -0.2) is 56.8 Å². The predicted octanol–water partition coefficient (Wildman–Crippen LogP) is 3.17. The van der Waals surface area contributed by atoms with Gasteiger partial charge in [0.1, 0.15) is 5.41 Å². The first-order valence-corrected chi connectivity index (χ1v) is 12.4. The number of benzene rings is 1. The molecule has 36 heavy (non-hydrogen) atoms. The van der Waals surface area contributed by atoms with Crippen LogP contribution in [0.2, 0.25) is 0 Å². The lowest BCUT2D eigenvalue weighted by atomic mass is 9.59. The van der Waals surface area contributed by atoms with Gasteiger partial charge in [-0.25, -0.2) is 0 Å². The van der Waals surface area contributed by atoms with Crippen molar-refractivity contribution < 1.29 is 33.3 Å². The van der Waals surface area contributed by atoms with Crippen molar-refractivity contribution in [2.75, 3.05) is 34.2 Å². The van der Waals surface area contributed by atoms with Crippen LogP contribution in [0.25, 0.3) is 0 Å². The molecule has 1 aromatic rings. The molecule has 2 atom stereocenters. The number of methoxy groups -OCH3 is 2. The van der Waals surface area contributed by atoms with Gasteiger partial charge >= 0.3 is 5.97 Å². The van der Waals surface area contributed by atoms with E-state index in [4.69, 9.17) is 18.9 Å². The first kappa shape index (κ1) is 26.0. The van der Waals surface area contributed by atoms with Gasteiger partial charge in [-0.05, 0) is 48.8 Å². The van der Waals surface area contributed by atoms with E-state index in [0.717, 1.165) is 12.0 Å². The van der Waals surface area contributed by atoms with Crippen molar-refractivity contribution in [3.8, 4) is 11.5 Å². The van der Waals surface area contributed by atoms with E-state index in [1.807, 2.05) is 24.3 Å². The van der Waals surface area contributed by atoms with E-state index in [0.29, 0.717) is 43.2 Å². The number of nitrogens with zero attached hydrogens (tertiary/aromatic N) is 1. The summed E-state index contributed by atoms with van der Waals surface area (Å²) in [5.41, 5.74) is 0.367. The zero-order valence-electron chi connectivity index (χ0n) is 21.6. The summed E-state index contributed by atoms with van der Waals surface area (Å²) < 4.78 is 21.3. The van der Waals surface area contributed by atoms with Gasteiger partial charge in [-0.1, -0.05) is 26.0 Å². The fraction of sp³-hybridized carbons (Fsp3) is 0.593. The Morgan fingerprint density at radius 3 is 2.72 bits per heavy atom. The van der Waals surface area contributed by atoms with Crippen molar-refractivity contribution in [1.29, 1.82) is 0 Å². The number of hydrogen-bond donors (Lipinski definition) is 1. The number of rotatable bonds is 9. The molecule has 3 aliphatic rings. The van der Waals surface area contributed by atoms with Gasteiger partial charge in [0.2, 0.25) is 18.6 Å². The summed E-state index contributed by atoms with van der Waals surface area (Å²) in [4.78, 5) is 41.7. The number of amides is 2. The van der Waals surface area contributed by atoms with Gasteiger partial charge in [0.25, 0.3) is 0 Å². The van der Waals surface area contributed by atoms with Crippen molar-refractivity contribution in [1.82, 2.24) is 10.2 Å². The smallest absolute Gasteiger partial charge is 0.317 e. The van der Waals surface area contributed by atoms with Gasteiger partial charge < -0.3 is 29.2 Å². The van der Waals surface area contributed by atoms with Crippen LogP contribution >= 0.6 is 0 Å². The van der Waals surface area contributed by atoms with Gasteiger partial charge in [0.05, 0.1) is 13.7 Å². The molecule has 0 spiro atoms. The standard InChI is InChI=1S/C27H36N2O7/c1-26(2)9-8-22-27(16-26,25(32)34-4)14-19(13-23(30)28-10-5-11-33-3)24(31)29(22)15-18-6-7-20-21(12-18)36-17-35-20/h6-8,12,19H,5,9-11,13-17H2,1-4H3,(H,28,30)/t19-,27+/m0/s1. The summed E-state index contributed by atoms with van der Waals surface area (Å²) in [5, 5.41) is 2.87. The molecule has 1 saturated heterocycles. The Labute approximate surface area is 212 Å². The fourth-order valence-corrected chi connectivity index (χ4v) is 5.68. The zero-order chi connectivity index (χ0) is 25.9. The van der Waals surface area contributed by atoms with Gasteiger partial charge in [-0.3, -0.25) is 14.4 Å². The van der Waals surface area contributed by atoms with E-state index < -0.39 is 11.3 Å². The highest BCUT2D eigenvalue weighted by molar-refractivity contribution is 5.92. The predicted molar refractivity (Wildman–Crippen MR) is 131 cm³/mol. The van der Waals surface area contributed by atoms with E-state index in [-0.39, 0.29) is 49.4 Å². The Hall–Kier alpha value is -3.07. The molecular weight excluding hydrogens is 464 g/mol. The molecule has 9 nitrogen and oxygen atoms in total. The second-order valence-corrected chi connectivity index (χ2v) is 10.6. The number of carbonyl (C=O) groups excluding carboxylic acids is 3. The van der Waals surface area contributed by atoms with E-state index >= 15 is 0 Å². The molecule has 0 radical (unpaired) electrons. The number of ether oxygens (including phenoxy) is 4. The average molecular weight is 501 g/mol. The Morgan fingerprint density at radius 2 is 1.97 bits per heavy atom. The molecule has 2 aliphatic heterocycles. The molecule has 1 fully saturated rings. The molecule has 2 amide bonds. The Balaban J connectivity index is 1.65. The van der Waals surface area contributed by atoms with Crippen molar-refractivity contribution in [3.05, 3.63) is 35.5 Å². The third kappa shape index (κ3) is 5.21. The number of esters is 1. The summed E-state index contributed by atoms with van der Waals surface area (Å²) in [7, 11) is 2.99. The highest BCUT2D eigenvalue weighted by atomic mass is 16.7. The topological polar surface area (TPSA) is 103 Å². The lowest BCUT2D eigenvalue weighted by molar-refractivity contribution is -0.162. The van der Waals surface area contributed by atoms with Gasteiger partial charge in [-0.15, -0.1) is 0 Å². The number of piperidine rings is 1. The summed E-state index contributed by atoms with van der Waals surface area (Å²) in [6.45, 7) is 5.65. The van der Waals surface area contributed by atoms with Crippen LogP contribution in [0.5, 0.6) is 11.5 Å². The van der Waals surface area contributed by atoms with Crippen LogP contribution < -0.4 is 14.8 Å². The Kier molecular flexibility index (Phi) is 7.59. The lowest BCUT2D eigenvalue weighted by Gasteiger charge is -2.51. The maximum Gasteiger partial charge on any atom is 0.317 e. The Morgan fingerprint density at radius 1 is 1.19 bits per heavy atom. The van der Waals surface area contributed by atoms with E-state index in [2.05, 4.69) is 19.2 Å². The van der Waals surface area contributed by atoms with Crippen molar-refractivity contribution in [3.63, 3.8) is 0 Å². The van der Waals surface area contributed by atoms with Gasteiger partial charge in [0, 0.05) is 38.3 Å². The second-order valence-electron chi connectivity index (χ2n) is 10.6. The first-order chi connectivity index (χ1) is 17.2. The summed E-state index contributed by atoms with van der Waals surface area (Å²) in [6.07, 6.45) is 4.22. The van der Waals surface area contributed by atoms with Crippen molar-refractivity contribution in [2.24, 2.45) is 16.7 Å². The first-order valence-electron chi connectivity index (χ1n) is 12.4. The van der Waals surface area contributed by atoms with Gasteiger partial charge in [0.15, 0.2) is 11.5 Å². The highest BCUT2D eigenvalue weighted by Gasteiger charge is 2.57. The van der Waals surface area contributed by atoms with Crippen LogP contribution in [-0.2, 0) is 30.4 Å². The fourth-order valence-electron chi connectivity index (χ4n) is 5.68. The molecule has 1 N–H and O–H groups in total. The molecule has 1 aromatic carbocycles. The van der Waals surface area contributed by atoms with Crippen LogP contribution in [0.15, 0.2) is 30.0 Å². The molecule has 1 aliphatic carbocycles. The molecule has 4 rings (SSSR count). The van der Waals surface area contributed by atoms with Crippen LogP contribution in [0.4, 0.5) is 0 Å². The molecule has 0 saturated carbocycles. The number of hydrogen-bond acceptors (Lipinski definition) is 7. The normalized spacial score (nSPS) is 24.1. The molecular formula is C27H36N2O7. The van der Waals surface area contributed by atoms with E-state index in [9.17, 15) is 14.4 Å². The Bertz CT molecular complexity index is 1050. The molecule has 196 valence electrons. The summed E-state index contributed by atoms with van der Waals surface area (Å²) in [6, 6.07) is 5.57. The van der Waals surface area contributed by atoms with E-state index in [1.54, 1.807) is 12.0 Å². The minimum atomic E-state index is -0.998. The maximum absolute atomic E-state index is 13.8. The van der Waals surface area contributed by atoms with Crippen LogP contribution in [0.3, 0.4) is 0 Å². The lowest BCUT2D eigenvalue weighted by Crippen LogP contribution is -2.55. The third-order valence-electron chi connectivity index (χ3n) is 7.25. The SMILES string of the molecule is COCCCNC(=O)C[C@H]1C[C@@]2(C(=O)OC)CC(C)(C)CC=C2N(Cc2ccc3c(c2)OCO3)C1=O. The number of allylic oxidation sites excluding steroid dienone is 1. The van der Waals surface area contributed by atoms with E-state index in [1.165, 1.54) is 7.11 Å². The van der Waals surface area contributed by atoms with Crippen LogP contribution in [0, 0.1) is 16.7 Å². The number of fused-ring (bicyclic) bond motifs is 2. The molecule has 0 bridgehead atoms. The minimum Gasteiger partial charge on any atom is -0.468 e. The second kappa shape index (κ2) is 10.5. The molecule has 2 heterocycles. The highest BCUT2D eigenvalue weighted by Crippen LogP contribution is 2.55. The quantitative estimate of drug-likeness (QED) is 0.410. The summed E-state index contributed by atoms with van der Waals surface area (Å²) in [5.74, 6) is -0.0989. The number of likely N-dealkylation sites (tertiary alicyclic amines) is 1. The van der Waals surface area contributed by atoms with Crippen molar-refractivity contribution in [2.45, 2.75) is 52.5 Å². The molecule has 9 heteroatoms. The monoisotopic (exact) mass is 500 g/mol. The molecule has 0 unspecified atom stereocenters. The summed E-state index contributed by atoms with van der Waals surface area (Å²) >= 11 is 0. The van der Waals surface area contributed by atoms with Crippen molar-refractivity contribution >= 4 is 17.8 Å². The minimum absolute atomic E-state index is 0.00983. The average Bonchev–Trinajstić information content (AvgIpc) is 3.31. The third-order valence-corrected chi connectivity index (χ3v) is 7.25. The zero-order valence-corrected chi connectivity index (χ0v) is 21.6. The number of nitrogens with one attached hydrogen (secondary N) is 1. The molecule has 0 aromatic heterocycles. The van der Waals surface area contributed by atoms with Gasteiger partial charge in [-0.2, -0.15) is 0 Å². The maximum atomic E-state index is 13.8. The number of carbonyl (C=O) groups is 3. The largest absolute Gasteiger partial charge is 0.468 e.